The van der Waals surface area contributed by atoms with Crippen molar-refractivity contribution < 1.29 is 4.74 Å². The minimum absolute atomic E-state index is 0.352. The first-order chi connectivity index (χ1) is 9.31. The Bertz CT molecular complexity index is 347. The van der Waals surface area contributed by atoms with Crippen molar-refractivity contribution >= 4 is 0 Å². The van der Waals surface area contributed by atoms with Crippen LogP contribution in [0, 0.1) is 4.91 Å². The molecule has 0 aromatic rings. The Morgan fingerprint density at radius 2 is 1.95 bits per heavy atom. The highest BCUT2D eigenvalue weighted by molar-refractivity contribution is 5.12. The number of ether oxygens (including phenoxy) is 1. The zero-order valence-electron chi connectivity index (χ0n) is 11.6. The van der Waals surface area contributed by atoms with Crippen LogP contribution < -0.4 is 0 Å². The molecule has 0 radical (unpaired) electrons. The van der Waals surface area contributed by atoms with Crippen LogP contribution in [0.15, 0.2) is 29.6 Å². The lowest BCUT2D eigenvalue weighted by molar-refractivity contribution is -0.00896. The predicted molar refractivity (Wildman–Crippen MR) is 74.7 cm³/mol. The van der Waals surface area contributed by atoms with Gasteiger partial charge in [0.1, 0.15) is 18.8 Å². The van der Waals surface area contributed by atoms with Gasteiger partial charge in [-0.05, 0) is 18.0 Å². The lowest BCUT2D eigenvalue weighted by atomic mass is 9.99. The molecule has 2 rings (SSSR count). The van der Waals surface area contributed by atoms with Gasteiger partial charge in [-0.15, -0.1) is 4.91 Å². The highest BCUT2D eigenvalue weighted by Crippen LogP contribution is 2.22. The summed E-state index contributed by atoms with van der Waals surface area (Å²) in [5, 5.41) is 2.85. The maximum absolute atomic E-state index is 10.4. The molecule has 1 heterocycles. The molecule has 0 bridgehead atoms. The molecule has 1 fully saturated rings. The summed E-state index contributed by atoms with van der Waals surface area (Å²) in [5.41, 5.74) is 0. The molecule has 1 aliphatic carbocycles. The van der Waals surface area contributed by atoms with Gasteiger partial charge in [0, 0.05) is 19.4 Å². The van der Waals surface area contributed by atoms with Crippen LogP contribution >= 0.6 is 0 Å². The highest BCUT2D eigenvalue weighted by atomic mass is 16.5. The summed E-state index contributed by atoms with van der Waals surface area (Å²) < 4.78 is 5.99. The summed E-state index contributed by atoms with van der Waals surface area (Å²) in [4.78, 5) is 14.2. The molecule has 1 saturated carbocycles. The Kier molecular flexibility index (Phi) is 5.39. The second-order valence-electron chi connectivity index (χ2n) is 5.23. The van der Waals surface area contributed by atoms with Crippen LogP contribution in [-0.4, -0.2) is 29.7 Å². The van der Waals surface area contributed by atoms with Gasteiger partial charge in [0.05, 0.1) is 6.10 Å². The van der Waals surface area contributed by atoms with Gasteiger partial charge < -0.3 is 14.5 Å². The van der Waals surface area contributed by atoms with Crippen LogP contribution in [0.3, 0.4) is 0 Å². The van der Waals surface area contributed by atoms with Gasteiger partial charge >= 0.3 is 0 Å². The van der Waals surface area contributed by atoms with E-state index in [1.807, 2.05) is 29.2 Å². The molecule has 0 spiro atoms. The summed E-state index contributed by atoms with van der Waals surface area (Å²) in [6.45, 7) is 0.493. The van der Waals surface area contributed by atoms with E-state index in [9.17, 15) is 4.91 Å². The molecule has 2 aliphatic rings. The second-order valence-corrected chi connectivity index (χ2v) is 5.23. The summed E-state index contributed by atoms with van der Waals surface area (Å²) in [6.07, 6.45) is 14.3. The molecular weight excluding hydrogens is 242 g/mol. The van der Waals surface area contributed by atoms with Crippen molar-refractivity contribution in [3.63, 3.8) is 0 Å². The molecule has 0 atom stereocenters. The molecule has 106 valence electrons. The van der Waals surface area contributed by atoms with Crippen molar-refractivity contribution in [2.24, 2.45) is 5.18 Å². The Morgan fingerprint density at radius 1 is 1.26 bits per heavy atom. The minimum Gasteiger partial charge on any atom is -0.358 e. The zero-order valence-corrected chi connectivity index (χ0v) is 11.6. The van der Waals surface area contributed by atoms with Crippen LogP contribution in [-0.2, 0) is 4.74 Å². The number of hydrogen-bond acceptors (Lipinski definition) is 5. The minimum atomic E-state index is 0.352. The standard InChI is InChI=1S/C14H23N3O2/c1-16-9-10-17(14(16)11-15-18)12-19-13-7-5-3-2-4-6-8-13/h9-11,13H,2-8,12H2,1H3/b14-11+. The number of rotatable bonds is 4. The fourth-order valence-corrected chi connectivity index (χ4v) is 2.63. The molecule has 0 N–H and O–H groups in total. The monoisotopic (exact) mass is 265 g/mol. The van der Waals surface area contributed by atoms with Gasteiger partial charge in [0.2, 0.25) is 0 Å². The van der Waals surface area contributed by atoms with E-state index >= 15 is 0 Å². The number of hydrogen-bond donors (Lipinski definition) is 0. The molecular formula is C14H23N3O2. The van der Waals surface area contributed by atoms with Crippen molar-refractivity contribution in [3.8, 4) is 0 Å². The van der Waals surface area contributed by atoms with Crippen LogP contribution in [0.5, 0.6) is 0 Å². The molecule has 0 aromatic carbocycles. The maximum atomic E-state index is 10.4. The molecule has 0 saturated heterocycles. The summed E-state index contributed by atoms with van der Waals surface area (Å²) in [6, 6.07) is 0. The van der Waals surface area contributed by atoms with Crippen LogP contribution in [0.2, 0.25) is 0 Å². The highest BCUT2D eigenvalue weighted by Gasteiger charge is 2.19. The predicted octanol–water partition coefficient (Wildman–Crippen LogP) is 3.36. The molecule has 5 heteroatoms. The first-order valence-corrected chi connectivity index (χ1v) is 7.13. The topological polar surface area (TPSA) is 45.1 Å². The Labute approximate surface area is 114 Å². The fourth-order valence-electron chi connectivity index (χ4n) is 2.63. The molecule has 0 amide bonds. The third kappa shape index (κ3) is 4.06. The van der Waals surface area contributed by atoms with E-state index in [0.717, 1.165) is 18.7 Å². The average molecular weight is 265 g/mol. The van der Waals surface area contributed by atoms with E-state index in [2.05, 4.69) is 5.18 Å². The second kappa shape index (κ2) is 7.28. The average Bonchev–Trinajstić information content (AvgIpc) is 2.70. The van der Waals surface area contributed by atoms with Gasteiger partial charge in [-0.2, -0.15) is 0 Å². The number of nitrogens with zero attached hydrogens (tertiary/aromatic N) is 3. The van der Waals surface area contributed by atoms with Crippen molar-refractivity contribution in [3.05, 3.63) is 29.3 Å². The maximum Gasteiger partial charge on any atom is 0.136 e. The van der Waals surface area contributed by atoms with E-state index in [-0.39, 0.29) is 0 Å². The normalized spacial score (nSPS) is 23.7. The molecule has 19 heavy (non-hydrogen) atoms. The lowest BCUT2D eigenvalue weighted by Gasteiger charge is -2.25. The lowest BCUT2D eigenvalue weighted by Crippen LogP contribution is -2.26. The van der Waals surface area contributed by atoms with Gasteiger partial charge in [-0.25, -0.2) is 0 Å². The summed E-state index contributed by atoms with van der Waals surface area (Å²) >= 11 is 0. The van der Waals surface area contributed by atoms with Gasteiger partial charge in [0.25, 0.3) is 0 Å². The summed E-state index contributed by atoms with van der Waals surface area (Å²) in [7, 11) is 1.89. The molecule has 5 nitrogen and oxygen atoms in total. The van der Waals surface area contributed by atoms with Crippen molar-refractivity contribution in [2.75, 3.05) is 13.8 Å². The summed E-state index contributed by atoms with van der Waals surface area (Å²) in [5.74, 6) is 0.765. The molecule has 0 unspecified atom stereocenters. The van der Waals surface area contributed by atoms with Crippen molar-refractivity contribution in [2.45, 2.75) is 51.0 Å². The van der Waals surface area contributed by atoms with Gasteiger partial charge in [-0.3, -0.25) is 0 Å². The quantitative estimate of drug-likeness (QED) is 0.731. The van der Waals surface area contributed by atoms with E-state index in [1.165, 1.54) is 38.3 Å². The van der Waals surface area contributed by atoms with Crippen molar-refractivity contribution in [1.82, 2.24) is 9.80 Å². The van der Waals surface area contributed by atoms with Crippen LogP contribution in [0.25, 0.3) is 0 Å². The Morgan fingerprint density at radius 3 is 2.63 bits per heavy atom. The van der Waals surface area contributed by atoms with E-state index in [4.69, 9.17) is 4.74 Å². The first kappa shape index (κ1) is 14.1. The molecule has 0 aromatic heterocycles. The number of nitroso groups, excluding NO2 is 1. The van der Waals surface area contributed by atoms with Crippen molar-refractivity contribution in [1.29, 1.82) is 0 Å². The Balaban J connectivity index is 1.82. The molecule has 1 aliphatic heterocycles. The van der Waals surface area contributed by atoms with Gasteiger partial charge in [0.15, 0.2) is 0 Å². The largest absolute Gasteiger partial charge is 0.358 e. The van der Waals surface area contributed by atoms with E-state index in [1.54, 1.807) is 0 Å². The van der Waals surface area contributed by atoms with E-state index < -0.39 is 0 Å². The SMILES string of the molecule is CN1C=CN(COC2CCCCCCC2)/C1=C/N=O. The third-order valence-corrected chi connectivity index (χ3v) is 3.80. The smallest absolute Gasteiger partial charge is 0.136 e. The van der Waals surface area contributed by atoms with Gasteiger partial charge in [-0.1, -0.05) is 32.1 Å². The fraction of sp³-hybridized carbons (Fsp3) is 0.714. The first-order valence-electron chi connectivity index (χ1n) is 7.13. The van der Waals surface area contributed by atoms with E-state index in [0.29, 0.717) is 12.8 Å². The van der Waals surface area contributed by atoms with Crippen LogP contribution in [0.1, 0.15) is 44.9 Å². The Hall–Kier alpha value is -1.36. The third-order valence-electron chi connectivity index (χ3n) is 3.80. The zero-order chi connectivity index (χ0) is 13.5. The van der Waals surface area contributed by atoms with Crippen LogP contribution in [0.4, 0.5) is 0 Å².